The minimum atomic E-state index is -4.43. The highest BCUT2D eigenvalue weighted by molar-refractivity contribution is 5.96. The molecule has 0 unspecified atom stereocenters. The number of anilines is 1. The predicted molar refractivity (Wildman–Crippen MR) is 114 cm³/mol. The van der Waals surface area contributed by atoms with E-state index in [0.717, 1.165) is 23.4 Å². The second kappa shape index (κ2) is 9.12. The first-order chi connectivity index (χ1) is 14.6. The molecular weight excluding hydrogens is 405 g/mol. The first-order valence-electron chi connectivity index (χ1n) is 10.4. The topological polar surface area (TPSA) is 40.6 Å². The maximum absolute atomic E-state index is 13.0. The summed E-state index contributed by atoms with van der Waals surface area (Å²) in [4.78, 5) is 28.9. The fourth-order valence-electron chi connectivity index (χ4n) is 3.81. The normalized spacial score (nSPS) is 15.3. The molecular formula is C24H27F3N2O2. The van der Waals surface area contributed by atoms with E-state index in [-0.39, 0.29) is 23.3 Å². The smallest absolute Gasteiger partial charge is 0.339 e. The first-order valence-corrected chi connectivity index (χ1v) is 10.4. The van der Waals surface area contributed by atoms with Gasteiger partial charge >= 0.3 is 6.18 Å². The van der Waals surface area contributed by atoms with E-state index in [0.29, 0.717) is 31.8 Å². The van der Waals surface area contributed by atoms with Crippen LogP contribution in [-0.4, -0.2) is 36.9 Å². The van der Waals surface area contributed by atoms with Crippen molar-refractivity contribution in [2.75, 3.05) is 25.0 Å². The summed E-state index contributed by atoms with van der Waals surface area (Å²) in [6.45, 7) is 5.00. The van der Waals surface area contributed by atoms with Crippen LogP contribution in [0, 0.1) is 5.92 Å². The minimum Gasteiger partial charge on any atom is -0.339 e. The van der Waals surface area contributed by atoms with Gasteiger partial charge in [0.05, 0.1) is 5.56 Å². The van der Waals surface area contributed by atoms with Crippen molar-refractivity contribution in [2.24, 2.45) is 5.92 Å². The summed E-state index contributed by atoms with van der Waals surface area (Å²) >= 11 is 0. The van der Waals surface area contributed by atoms with Gasteiger partial charge in [-0.3, -0.25) is 9.59 Å². The molecule has 0 radical (unpaired) electrons. The fraction of sp³-hybridized carbons (Fsp3) is 0.417. The van der Waals surface area contributed by atoms with Crippen molar-refractivity contribution in [3.63, 3.8) is 0 Å². The Morgan fingerprint density at radius 1 is 1.03 bits per heavy atom. The molecule has 3 rings (SSSR count). The molecule has 0 N–H and O–H groups in total. The molecule has 166 valence electrons. The van der Waals surface area contributed by atoms with Gasteiger partial charge in [-0.1, -0.05) is 26.0 Å². The van der Waals surface area contributed by atoms with Crippen LogP contribution in [0.25, 0.3) is 0 Å². The molecule has 0 atom stereocenters. The Morgan fingerprint density at radius 3 is 2.19 bits per heavy atom. The van der Waals surface area contributed by atoms with Gasteiger partial charge in [0.1, 0.15) is 0 Å². The highest BCUT2D eigenvalue weighted by Gasteiger charge is 2.32. The second-order valence-electron chi connectivity index (χ2n) is 8.29. The Morgan fingerprint density at radius 2 is 1.65 bits per heavy atom. The average molecular weight is 432 g/mol. The van der Waals surface area contributed by atoms with Crippen LogP contribution in [-0.2, 0) is 11.0 Å². The van der Waals surface area contributed by atoms with E-state index in [4.69, 9.17) is 0 Å². The number of hydrogen-bond acceptors (Lipinski definition) is 2. The molecule has 4 nitrogen and oxygen atoms in total. The standard InChI is InChI=1S/C24H27F3N2O2/c1-16(2)19-5-4-6-21(15-19)28(3)22(30)18-11-13-29(14-12-18)23(31)17-7-9-20(10-8-17)24(25,26)27/h4-10,15-16,18H,11-14H2,1-3H3. The summed E-state index contributed by atoms with van der Waals surface area (Å²) in [5.41, 5.74) is 1.45. The second-order valence-corrected chi connectivity index (χ2v) is 8.29. The summed E-state index contributed by atoms with van der Waals surface area (Å²) in [6.07, 6.45) is -3.38. The lowest BCUT2D eigenvalue weighted by Gasteiger charge is -2.33. The Kier molecular flexibility index (Phi) is 6.72. The number of piperidine rings is 1. The molecule has 0 saturated carbocycles. The van der Waals surface area contributed by atoms with E-state index < -0.39 is 11.7 Å². The zero-order valence-electron chi connectivity index (χ0n) is 17.9. The lowest BCUT2D eigenvalue weighted by Crippen LogP contribution is -2.43. The van der Waals surface area contributed by atoms with Crippen LogP contribution in [0.15, 0.2) is 48.5 Å². The van der Waals surface area contributed by atoms with E-state index in [1.54, 1.807) is 16.8 Å². The number of hydrogen-bond donors (Lipinski definition) is 0. The van der Waals surface area contributed by atoms with Crippen LogP contribution in [0.4, 0.5) is 18.9 Å². The van der Waals surface area contributed by atoms with E-state index >= 15 is 0 Å². The van der Waals surface area contributed by atoms with Gasteiger partial charge in [0.2, 0.25) is 5.91 Å². The van der Waals surface area contributed by atoms with Crippen molar-refractivity contribution in [3.05, 3.63) is 65.2 Å². The Balaban J connectivity index is 1.60. The quantitative estimate of drug-likeness (QED) is 0.654. The van der Waals surface area contributed by atoms with Gasteiger partial charge in [-0.2, -0.15) is 13.2 Å². The third-order valence-electron chi connectivity index (χ3n) is 5.85. The molecule has 1 aliphatic heterocycles. The number of amides is 2. The van der Waals surface area contributed by atoms with Gasteiger partial charge in [-0.05, 0) is 60.7 Å². The van der Waals surface area contributed by atoms with Gasteiger partial charge in [0, 0.05) is 37.3 Å². The monoisotopic (exact) mass is 432 g/mol. The Labute approximate surface area is 180 Å². The van der Waals surface area contributed by atoms with Gasteiger partial charge in [0.15, 0.2) is 0 Å². The lowest BCUT2D eigenvalue weighted by molar-refractivity contribution is -0.137. The van der Waals surface area contributed by atoms with Gasteiger partial charge < -0.3 is 9.80 Å². The molecule has 7 heteroatoms. The molecule has 0 aromatic heterocycles. The molecule has 0 aliphatic carbocycles. The summed E-state index contributed by atoms with van der Waals surface area (Å²) in [5, 5.41) is 0. The molecule has 1 heterocycles. The molecule has 0 bridgehead atoms. The Bertz CT molecular complexity index is 931. The highest BCUT2D eigenvalue weighted by atomic mass is 19.4. The number of likely N-dealkylation sites (tertiary alicyclic amines) is 1. The van der Waals surface area contributed by atoms with Crippen molar-refractivity contribution >= 4 is 17.5 Å². The van der Waals surface area contributed by atoms with E-state index in [9.17, 15) is 22.8 Å². The molecule has 2 amide bonds. The maximum Gasteiger partial charge on any atom is 0.416 e. The summed E-state index contributed by atoms with van der Waals surface area (Å²) in [6, 6.07) is 12.2. The molecule has 1 saturated heterocycles. The highest BCUT2D eigenvalue weighted by Crippen LogP contribution is 2.30. The SMILES string of the molecule is CC(C)c1cccc(N(C)C(=O)C2CCN(C(=O)c3ccc(C(F)(F)F)cc3)CC2)c1. The van der Waals surface area contributed by atoms with E-state index in [2.05, 4.69) is 13.8 Å². The zero-order chi connectivity index (χ0) is 22.8. The van der Waals surface area contributed by atoms with Crippen molar-refractivity contribution in [2.45, 2.75) is 38.8 Å². The third kappa shape index (κ3) is 5.27. The molecule has 1 fully saturated rings. The number of alkyl halides is 3. The minimum absolute atomic E-state index is 0.0162. The van der Waals surface area contributed by atoms with Crippen LogP contribution in [0.2, 0.25) is 0 Å². The maximum atomic E-state index is 13.0. The van der Waals surface area contributed by atoms with Gasteiger partial charge in [-0.25, -0.2) is 0 Å². The summed E-state index contributed by atoms with van der Waals surface area (Å²) in [7, 11) is 1.77. The molecule has 1 aliphatic rings. The number of carbonyl (C=O) groups is 2. The summed E-state index contributed by atoms with van der Waals surface area (Å²) in [5.74, 6) is -0.118. The molecule has 2 aromatic carbocycles. The number of nitrogens with zero attached hydrogens (tertiary/aromatic N) is 2. The van der Waals surface area contributed by atoms with Gasteiger partial charge in [0.25, 0.3) is 5.91 Å². The number of rotatable bonds is 4. The van der Waals surface area contributed by atoms with Gasteiger partial charge in [-0.15, -0.1) is 0 Å². The van der Waals surface area contributed by atoms with Crippen LogP contribution in [0.3, 0.4) is 0 Å². The Hall–Kier alpha value is -2.83. The average Bonchev–Trinajstić information content (AvgIpc) is 2.77. The van der Waals surface area contributed by atoms with E-state index in [1.165, 1.54) is 12.1 Å². The first kappa shape index (κ1) is 22.8. The number of halogens is 3. The zero-order valence-corrected chi connectivity index (χ0v) is 17.9. The van der Waals surface area contributed by atoms with Crippen LogP contribution in [0.1, 0.15) is 54.1 Å². The summed E-state index contributed by atoms with van der Waals surface area (Å²) < 4.78 is 38.1. The fourth-order valence-corrected chi connectivity index (χ4v) is 3.81. The lowest BCUT2D eigenvalue weighted by atomic mass is 9.94. The number of carbonyl (C=O) groups excluding carboxylic acids is 2. The van der Waals surface area contributed by atoms with Crippen LogP contribution in [0.5, 0.6) is 0 Å². The van der Waals surface area contributed by atoms with Crippen molar-refractivity contribution in [1.82, 2.24) is 4.90 Å². The van der Waals surface area contributed by atoms with Crippen LogP contribution < -0.4 is 4.90 Å². The van der Waals surface area contributed by atoms with Crippen molar-refractivity contribution in [1.29, 1.82) is 0 Å². The molecule has 2 aromatic rings. The molecule has 0 spiro atoms. The van der Waals surface area contributed by atoms with Crippen molar-refractivity contribution < 1.29 is 22.8 Å². The third-order valence-corrected chi connectivity index (χ3v) is 5.85. The van der Waals surface area contributed by atoms with E-state index in [1.807, 2.05) is 24.3 Å². The molecule has 31 heavy (non-hydrogen) atoms. The van der Waals surface area contributed by atoms with Crippen molar-refractivity contribution in [3.8, 4) is 0 Å². The number of benzene rings is 2. The largest absolute Gasteiger partial charge is 0.416 e. The van der Waals surface area contributed by atoms with Crippen LogP contribution >= 0.6 is 0 Å². The predicted octanol–water partition coefficient (Wildman–Crippen LogP) is 5.34.